The first-order chi connectivity index (χ1) is 15.2. The number of thiophene rings is 1. The Bertz CT molecular complexity index is 1360. The minimum Gasteiger partial charge on any atom is -0.490 e. The van der Waals surface area contributed by atoms with Crippen LogP contribution in [0.1, 0.15) is 16.9 Å². The summed E-state index contributed by atoms with van der Waals surface area (Å²) in [5.74, 6) is 0.134. The van der Waals surface area contributed by atoms with E-state index in [2.05, 4.69) is 10.4 Å². The van der Waals surface area contributed by atoms with Gasteiger partial charge >= 0.3 is 0 Å². The average molecular weight is 479 g/mol. The maximum absolute atomic E-state index is 13.0. The number of carbonyl (C=O) groups is 1. The molecule has 1 N–H and O–H groups in total. The van der Waals surface area contributed by atoms with Crippen LogP contribution in [0.3, 0.4) is 0 Å². The van der Waals surface area contributed by atoms with Crippen molar-refractivity contribution < 1.29 is 22.7 Å². The lowest BCUT2D eigenvalue weighted by Gasteiger charge is -2.18. The molecule has 1 aliphatic heterocycles. The fourth-order valence-electron chi connectivity index (χ4n) is 3.26. The number of likely N-dealkylation sites (N-methyl/N-ethyl adjacent to an activating group) is 1. The zero-order chi connectivity index (χ0) is 23.0. The van der Waals surface area contributed by atoms with E-state index in [1.807, 2.05) is 13.8 Å². The van der Waals surface area contributed by atoms with E-state index in [-0.39, 0.29) is 4.90 Å². The van der Waals surface area contributed by atoms with Crippen LogP contribution in [0.25, 0.3) is 10.2 Å². The molecule has 0 saturated carbocycles. The van der Waals surface area contributed by atoms with Gasteiger partial charge in [-0.25, -0.2) is 18.1 Å². The summed E-state index contributed by atoms with van der Waals surface area (Å²) in [6.45, 7) is 4.13. The van der Waals surface area contributed by atoms with E-state index in [0.717, 1.165) is 19.4 Å². The molecule has 0 saturated heterocycles. The summed E-state index contributed by atoms with van der Waals surface area (Å²) in [5.41, 5.74) is 2.80. The molecule has 3 heterocycles. The summed E-state index contributed by atoms with van der Waals surface area (Å²) >= 11 is 1.40. The number of aromatic nitrogens is 2. The first kappa shape index (κ1) is 22.2. The molecule has 32 heavy (non-hydrogen) atoms. The number of fused-ring (bicyclic) bond motifs is 2. The molecule has 0 bridgehead atoms. The Kier molecular flexibility index (Phi) is 5.93. The Hall–Kier alpha value is -2.96. The van der Waals surface area contributed by atoms with Gasteiger partial charge in [-0.15, -0.1) is 11.3 Å². The SMILES string of the molecule is Cc1sc2ncn(NC(=O)CN(C)S(=O)(=O)c3ccc4c(c3)OCCCO4)c(=O)c2c1C. The number of ether oxygens (including phenoxy) is 2. The topological polar surface area (TPSA) is 120 Å². The molecule has 0 atom stereocenters. The van der Waals surface area contributed by atoms with Crippen molar-refractivity contribution in [3.8, 4) is 11.5 Å². The van der Waals surface area contributed by atoms with Gasteiger partial charge in [-0.3, -0.25) is 15.0 Å². The Morgan fingerprint density at radius 1 is 1.25 bits per heavy atom. The van der Waals surface area contributed by atoms with E-state index in [0.29, 0.717) is 41.4 Å². The van der Waals surface area contributed by atoms with E-state index >= 15 is 0 Å². The molecule has 0 aliphatic carbocycles. The van der Waals surface area contributed by atoms with E-state index in [1.54, 1.807) is 0 Å². The Morgan fingerprint density at radius 3 is 2.72 bits per heavy atom. The normalized spacial score (nSPS) is 13.9. The van der Waals surface area contributed by atoms with Gasteiger partial charge in [0.05, 0.1) is 30.0 Å². The number of aryl methyl sites for hydroxylation is 2. The number of carbonyl (C=O) groups excluding carboxylic acids is 1. The molecule has 0 fully saturated rings. The van der Waals surface area contributed by atoms with Crippen molar-refractivity contribution in [2.75, 3.05) is 32.2 Å². The van der Waals surface area contributed by atoms with Crippen LogP contribution in [0, 0.1) is 13.8 Å². The van der Waals surface area contributed by atoms with Gasteiger partial charge in [0.25, 0.3) is 11.5 Å². The summed E-state index contributed by atoms with van der Waals surface area (Å²) < 4.78 is 38.8. The molecule has 4 rings (SSSR count). The second-order valence-corrected chi connectivity index (χ2v) is 10.6. The minimum atomic E-state index is -3.98. The van der Waals surface area contributed by atoms with E-state index < -0.39 is 28.0 Å². The van der Waals surface area contributed by atoms with Crippen LogP contribution >= 0.6 is 11.3 Å². The van der Waals surface area contributed by atoms with E-state index in [9.17, 15) is 18.0 Å². The van der Waals surface area contributed by atoms with E-state index in [1.165, 1.54) is 42.9 Å². The van der Waals surface area contributed by atoms with Crippen LogP contribution in [0.2, 0.25) is 0 Å². The predicted molar refractivity (Wildman–Crippen MR) is 120 cm³/mol. The minimum absolute atomic E-state index is 0.0262. The van der Waals surface area contributed by atoms with Crippen molar-refractivity contribution in [3.05, 3.63) is 45.3 Å². The van der Waals surface area contributed by atoms with Gasteiger partial charge in [0, 0.05) is 24.4 Å². The van der Waals surface area contributed by atoms with Crippen LogP contribution in [0.5, 0.6) is 11.5 Å². The number of nitrogens with one attached hydrogen (secondary N) is 1. The fourth-order valence-corrected chi connectivity index (χ4v) is 5.39. The Labute approximate surface area is 188 Å². The Morgan fingerprint density at radius 2 is 1.97 bits per heavy atom. The number of hydrogen-bond acceptors (Lipinski definition) is 8. The summed E-state index contributed by atoms with van der Waals surface area (Å²) in [7, 11) is -2.70. The second-order valence-electron chi connectivity index (χ2n) is 7.34. The summed E-state index contributed by atoms with van der Waals surface area (Å²) in [6, 6.07) is 4.32. The van der Waals surface area contributed by atoms with Crippen molar-refractivity contribution in [2.24, 2.45) is 0 Å². The van der Waals surface area contributed by atoms with Crippen LogP contribution in [-0.2, 0) is 14.8 Å². The fraction of sp³-hybridized carbons (Fsp3) is 0.350. The third-order valence-corrected chi connectivity index (χ3v) is 8.04. The molecule has 170 valence electrons. The molecule has 10 nitrogen and oxygen atoms in total. The van der Waals surface area contributed by atoms with Gasteiger partial charge in [-0.05, 0) is 31.5 Å². The molecule has 1 aromatic carbocycles. The first-order valence-corrected chi connectivity index (χ1v) is 12.1. The molecule has 0 spiro atoms. The molecule has 2 aromatic heterocycles. The standard InChI is InChI=1S/C20H22N4O6S2/c1-12-13(2)31-19-18(12)20(26)24(11-21-19)22-17(25)10-23(3)32(27,28)14-5-6-15-16(9-14)30-8-4-7-29-15/h5-6,9,11H,4,7-8,10H2,1-3H3,(H,22,25). The number of rotatable bonds is 5. The molecular formula is C20H22N4O6S2. The van der Waals surface area contributed by atoms with Crippen molar-refractivity contribution in [1.82, 2.24) is 14.0 Å². The van der Waals surface area contributed by atoms with Crippen molar-refractivity contribution in [3.63, 3.8) is 0 Å². The van der Waals surface area contributed by atoms with Gasteiger partial charge in [-0.2, -0.15) is 4.31 Å². The van der Waals surface area contributed by atoms with Gasteiger partial charge in [-0.1, -0.05) is 0 Å². The number of benzene rings is 1. The maximum atomic E-state index is 13.0. The molecule has 1 aliphatic rings. The number of hydrogen-bond donors (Lipinski definition) is 1. The molecular weight excluding hydrogens is 456 g/mol. The smallest absolute Gasteiger partial charge is 0.281 e. The lowest BCUT2D eigenvalue weighted by atomic mass is 10.2. The van der Waals surface area contributed by atoms with Gasteiger partial charge in [0.2, 0.25) is 10.0 Å². The number of nitrogens with zero attached hydrogens (tertiary/aromatic N) is 3. The summed E-state index contributed by atoms with van der Waals surface area (Å²) in [4.78, 5) is 31.0. The van der Waals surface area contributed by atoms with Crippen LogP contribution in [0.4, 0.5) is 0 Å². The highest BCUT2D eigenvalue weighted by Gasteiger charge is 2.25. The zero-order valence-corrected chi connectivity index (χ0v) is 19.4. The maximum Gasteiger partial charge on any atom is 0.281 e. The highest BCUT2D eigenvalue weighted by atomic mass is 32.2. The quantitative estimate of drug-likeness (QED) is 0.592. The first-order valence-electron chi connectivity index (χ1n) is 9.81. The monoisotopic (exact) mass is 478 g/mol. The predicted octanol–water partition coefficient (Wildman–Crippen LogP) is 1.63. The third kappa shape index (κ3) is 4.08. The summed E-state index contributed by atoms with van der Waals surface area (Å²) in [6.07, 6.45) is 1.91. The molecule has 1 amide bonds. The zero-order valence-electron chi connectivity index (χ0n) is 17.7. The lowest BCUT2D eigenvalue weighted by molar-refractivity contribution is -0.117. The third-order valence-electron chi connectivity index (χ3n) is 5.13. The average Bonchev–Trinajstić information content (AvgIpc) is 2.91. The van der Waals surface area contributed by atoms with Gasteiger partial charge in [0.1, 0.15) is 11.2 Å². The molecule has 3 aromatic rings. The lowest BCUT2D eigenvalue weighted by Crippen LogP contribution is -2.40. The highest BCUT2D eigenvalue weighted by molar-refractivity contribution is 7.89. The van der Waals surface area contributed by atoms with Crippen molar-refractivity contribution >= 4 is 37.5 Å². The van der Waals surface area contributed by atoms with Gasteiger partial charge in [0.15, 0.2) is 11.5 Å². The van der Waals surface area contributed by atoms with Crippen molar-refractivity contribution in [2.45, 2.75) is 25.2 Å². The van der Waals surface area contributed by atoms with Crippen LogP contribution < -0.4 is 20.5 Å². The number of sulfonamides is 1. The molecule has 0 radical (unpaired) electrons. The highest BCUT2D eigenvalue weighted by Crippen LogP contribution is 2.32. The van der Waals surface area contributed by atoms with Crippen LogP contribution in [-0.4, -0.2) is 55.1 Å². The number of amides is 1. The van der Waals surface area contributed by atoms with E-state index in [4.69, 9.17) is 9.47 Å². The molecule has 0 unspecified atom stereocenters. The Balaban J connectivity index is 1.52. The second kappa shape index (κ2) is 8.52. The van der Waals surface area contributed by atoms with Crippen LogP contribution in [0.15, 0.2) is 34.2 Å². The van der Waals surface area contributed by atoms with Gasteiger partial charge < -0.3 is 9.47 Å². The van der Waals surface area contributed by atoms with Crippen molar-refractivity contribution in [1.29, 1.82) is 0 Å². The molecule has 12 heteroatoms. The summed E-state index contributed by atoms with van der Waals surface area (Å²) in [5, 5.41) is 0.434. The largest absolute Gasteiger partial charge is 0.490 e.